The zero-order valence-electron chi connectivity index (χ0n) is 10.6. The van der Waals surface area contributed by atoms with Gasteiger partial charge in [0.05, 0.1) is 6.61 Å². The predicted molar refractivity (Wildman–Crippen MR) is 71.2 cm³/mol. The predicted octanol–water partition coefficient (Wildman–Crippen LogP) is 1.45. The summed E-state index contributed by atoms with van der Waals surface area (Å²) in [6.07, 6.45) is 2.23. The molecule has 1 fully saturated rings. The standard InChI is InChI=1S/C14H20N2O2/c15-13-4-1-3-12(11-13)5-6-14(17)16-7-2-9-18-10-8-16/h1,3-4,11H,2,5-10,15H2. The number of hydrogen-bond acceptors (Lipinski definition) is 3. The van der Waals surface area contributed by atoms with Gasteiger partial charge in [-0.1, -0.05) is 12.1 Å². The molecule has 0 atom stereocenters. The van der Waals surface area contributed by atoms with Gasteiger partial charge >= 0.3 is 0 Å². The van der Waals surface area contributed by atoms with E-state index in [1.807, 2.05) is 29.2 Å². The molecule has 1 aliphatic rings. The van der Waals surface area contributed by atoms with E-state index in [1.54, 1.807) is 0 Å². The number of rotatable bonds is 3. The molecule has 1 aliphatic heterocycles. The fourth-order valence-electron chi connectivity index (χ4n) is 2.15. The summed E-state index contributed by atoms with van der Waals surface area (Å²) in [7, 11) is 0. The topological polar surface area (TPSA) is 55.6 Å². The lowest BCUT2D eigenvalue weighted by atomic mass is 10.1. The molecule has 1 saturated heterocycles. The monoisotopic (exact) mass is 248 g/mol. The molecule has 1 aromatic rings. The van der Waals surface area contributed by atoms with Crippen LogP contribution in [-0.4, -0.2) is 37.1 Å². The summed E-state index contributed by atoms with van der Waals surface area (Å²) < 4.78 is 5.34. The maximum Gasteiger partial charge on any atom is 0.222 e. The second kappa shape index (κ2) is 6.40. The number of benzene rings is 1. The molecule has 0 spiro atoms. The molecular weight excluding hydrogens is 228 g/mol. The van der Waals surface area contributed by atoms with E-state index >= 15 is 0 Å². The third-order valence-electron chi connectivity index (χ3n) is 3.15. The Kier molecular flexibility index (Phi) is 4.59. The molecule has 4 heteroatoms. The van der Waals surface area contributed by atoms with Crippen LogP contribution in [0.25, 0.3) is 0 Å². The second-order valence-electron chi connectivity index (χ2n) is 4.59. The summed E-state index contributed by atoms with van der Waals surface area (Å²) in [5.41, 5.74) is 7.59. The summed E-state index contributed by atoms with van der Waals surface area (Å²) in [6.45, 7) is 2.95. The third-order valence-corrected chi connectivity index (χ3v) is 3.15. The van der Waals surface area contributed by atoms with Crippen LogP contribution in [0.3, 0.4) is 0 Å². The minimum absolute atomic E-state index is 0.211. The minimum atomic E-state index is 0.211. The molecule has 2 N–H and O–H groups in total. The smallest absolute Gasteiger partial charge is 0.222 e. The van der Waals surface area contributed by atoms with Gasteiger partial charge in [-0.3, -0.25) is 4.79 Å². The van der Waals surface area contributed by atoms with Crippen LogP contribution in [0, 0.1) is 0 Å². The largest absolute Gasteiger partial charge is 0.399 e. The highest BCUT2D eigenvalue weighted by Crippen LogP contribution is 2.10. The van der Waals surface area contributed by atoms with E-state index in [4.69, 9.17) is 10.5 Å². The molecule has 4 nitrogen and oxygen atoms in total. The van der Waals surface area contributed by atoms with Crippen LogP contribution in [0.2, 0.25) is 0 Å². The number of amides is 1. The van der Waals surface area contributed by atoms with Gasteiger partial charge in [-0.15, -0.1) is 0 Å². The van der Waals surface area contributed by atoms with Crippen molar-refractivity contribution in [3.8, 4) is 0 Å². The first-order valence-electron chi connectivity index (χ1n) is 6.45. The van der Waals surface area contributed by atoms with Crippen LogP contribution < -0.4 is 5.73 Å². The van der Waals surface area contributed by atoms with Crippen LogP contribution in [0.4, 0.5) is 5.69 Å². The zero-order valence-corrected chi connectivity index (χ0v) is 10.6. The summed E-state index contributed by atoms with van der Waals surface area (Å²) in [6, 6.07) is 7.72. The Morgan fingerprint density at radius 2 is 2.22 bits per heavy atom. The SMILES string of the molecule is Nc1cccc(CCC(=O)N2CCCOCC2)c1. The Morgan fingerprint density at radius 3 is 3.06 bits per heavy atom. The van der Waals surface area contributed by atoms with E-state index in [9.17, 15) is 4.79 Å². The molecule has 1 aromatic carbocycles. The van der Waals surface area contributed by atoms with Gasteiger partial charge in [0.25, 0.3) is 0 Å². The van der Waals surface area contributed by atoms with Crippen LogP contribution in [0.15, 0.2) is 24.3 Å². The van der Waals surface area contributed by atoms with Crippen LogP contribution in [0.1, 0.15) is 18.4 Å². The van der Waals surface area contributed by atoms with E-state index in [1.165, 1.54) is 0 Å². The molecule has 1 amide bonds. The molecular formula is C14H20N2O2. The lowest BCUT2D eigenvalue weighted by molar-refractivity contribution is -0.131. The van der Waals surface area contributed by atoms with Gasteiger partial charge in [-0.05, 0) is 30.5 Å². The number of nitrogen functional groups attached to an aromatic ring is 1. The summed E-state index contributed by atoms with van der Waals surface area (Å²) in [4.78, 5) is 14.0. The van der Waals surface area contributed by atoms with Crippen molar-refractivity contribution in [3.05, 3.63) is 29.8 Å². The number of nitrogens with zero attached hydrogens (tertiary/aromatic N) is 1. The zero-order chi connectivity index (χ0) is 12.8. The average Bonchev–Trinajstić information content (AvgIpc) is 2.65. The number of anilines is 1. The number of aryl methyl sites for hydroxylation is 1. The van der Waals surface area contributed by atoms with Crippen molar-refractivity contribution < 1.29 is 9.53 Å². The minimum Gasteiger partial charge on any atom is -0.399 e. The van der Waals surface area contributed by atoms with E-state index in [0.717, 1.165) is 43.8 Å². The first kappa shape index (κ1) is 12.9. The molecule has 0 aliphatic carbocycles. The fraction of sp³-hybridized carbons (Fsp3) is 0.500. The molecule has 0 radical (unpaired) electrons. The lowest BCUT2D eigenvalue weighted by Crippen LogP contribution is -2.33. The number of carbonyl (C=O) groups is 1. The van der Waals surface area contributed by atoms with Crippen LogP contribution in [-0.2, 0) is 16.0 Å². The Morgan fingerprint density at radius 1 is 1.33 bits per heavy atom. The van der Waals surface area contributed by atoms with Crippen molar-refractivity contribution >= 4 is 11.6 Å². The molecule has 18 heavy (non-hydrogen) atoms. The number of hydrogen-bond donors (Lipinski definition) is 1. The van der Waals surface area contributed by atoms with Gasteiger partial charge in [0, 0.05) is 31.8 Å². The lowest BCUT2D eigenvalue weighted by Gasteiger charge is -2.19. The molecule has 1 heterocycles. The van der Waals surface area contributed by atoms with Gasteiger partial charge in [-0.2, -0.15) is 0 Å². The number of nitrogens with two attached hydrogens (primary N) is 1. The normalized spacial score (nSPS) is 16.3. The van der Waals surface area contributed by atoms with Crippen molar-refractivity contribution in [3.63, 3.8) is 0 Å². The first-order chi connectivity index (χ1) is 8.75. The summed E-state index contributed by atoms with van der Waals surface area (Å²) >= 11 is 0. The van der Waals surface area contributed by atoms with Crippen molar-refractivity contribution in [2.24, 2.45) is 0 Å². The Bertz CT molecular complexity index is 399. The maximum atomic E-state index is 12.0. The Labute approximate surface area is 108 Å². The van der Waals surface area contributed by atoms with Crippen molar-refractivity contribution in [2.75, 3.05) is 32.0 Å². The molecule has 98 valence electrons. The van der Waals surface area contributed by atoms with Crippen LogP contribution in [0.5, 0.6) is 0 Å². The van der Waals surface area contributed by atoms with E-state index in [2.05, 4.69) is 0 Å². The highest BCUT2D eigenvalue weighted by molar-refractivity contribution is 5.76. The van der Waals surface area contributed by atoms with Crippen molar-refractivity contribution in [1.29, 1.82) is 0 Å². The number of carbonyl (C=O) groups excluding carboxylic acids is 1. The van der Waals surface area contributed by atoms with E-state index < -0.39 is 0 Å². The third kappa shape index (κ3) is 3.74. The van der Waals surface area contributed by atoms with E-state index in [0.29, 0.717) is 13.0 Å². The van der Waals surface area contributed by atoms with Crippen LogP contribution >= 0.6 is 0 Å². The first-order valence-corrected chi connectivity index (χ1v) is 6.45. The average molecular weight is 248 g/mol. The number of ether oxygens (including phenoxy) is 1. The summed E-state index contributed by atoms with van der Waals surface area (Å²) in [5.74, 6) is 0.211. The maximum absolute atomic E-state index is 12.0. The molecule has 0 saturated carbocycles. The van der Waals surface area contributed by atoms with Crippen molar-refractivity contribution in [2.45, 2.75) is 19.3 Å². The van der Waals surface area contributed by atoms with Gasteiger partial charge in [0.15, 0.2) is 0 Å². The molecule has 0 unspecified atom stereocenters. The Hall–Kier alpha value is -1.55. The quantitative estimate of drug-likeness (QED) is 0.824. The van der Waals surface area contributed by atoms with Gasteiger partial charge in [0.2, 0.25) is 5.91 Å². The van der Waals surface area contributed by atoms with Gasteiger partial charge < -0.3 is 15.4 Å². The molecule has 0 bridgehead atoms. The van der Waals surface area contributed by atoms with Gasteiger partial charge in [0.1, 0.15) is 0 Å². The molecule has 0 aromatic heterocycles. The van der Waals surface area contributed by atoms with Crippen molar-refractivity contribution in [1.82, 2.24) is 4.90 Å². The molecule has 2 rings (SSSR count). The second-order valence-corrected chi connectivity index (χ2v) is 4.59. The Balaban J connectivity index is 1.83. The summed E-state index contributed by atoms with van der Waals surface area (Å²) in [5, 5.41) is 0. The highest BCUT2D eigenvalue weighted by Gasteiger charge is 2.15. The van der Waals surface area contributed by atoms with Gasteiger partial charge in [-0.25, -0.2) is 0 Å². The fourth-order valence-corrected chi connectivity index (χ4v) is 2.15. The van der Waals surface area contributed by atoms with E-state index in [-0.39, 0.29) is 5.91 Å². The highest BCUT2D eigenvalue weighted by atomic mass is 16.5.